The zero-order chi connectivity index (χ0) is 14.4. The van der Waals surface area contributed by atoms with Crippen molar-refractivity contribution >= 4 is 11.8 Å². The molecule has 1 fully saturated rings. The summed E-state index contributed by atoms with van der Waals surface area (Å²) in [4.78, 5) is 24.8. The van der Waals surface area contributed by atoms with E-state index in [-0.39, 0.29) is 29.9 Å². The van der Waals surface area contributed by atoms with Crippen LogP contribution in [-0.4, -0.2) is 47.1 Å². The highest BCUT2D eigenvalue weighted by Gasteiger charge is 2.30. The fourth-order valence-corrected chi connectivity index (χ4v) is 2.75. The number of aliphatic hydroxyl groups excluding tert-OH is 1. The number of carbonyl (C=O) groups excluding carboxylic acids is 2. The molecule has 1 rings (SSSR count). The van der Waals surface area contributed by atoms with Crippen LogP contribution in [0.2, 0.25) is 0 Å². The highest BCUT2D eigenvalue weighted by atomic mass is 16.3. The van der Waals surface area contributed by atoms with Crippen LogP contribution in [0.15, 0.2) is 0 Å². The third-order valence-corrected chi connectivity index (χ3v) is 3.68. The number of amides is 2. The highest BCUT2D eigenvalue weighted by molar-refractivity contribution is 5.76. The summed E-state index contributed by atoms with van der Waals surface area (Å²) in [5.41, 5.74) is 0. The molecular formula is C14H26N2O3. The normalized spacial score (nSPS) is 24.9. The maximum absolute atomic E-state index is 11.8. The van der Waals surface area contributed by atoms with Gasteiger partial charge in [-0.1, -0.05) is 13.8 Å². The predicted molar refractivity (Wildman–Crippen MR) is 73.5 cm³/mol. The van der Waals surface area contributed by atoms with Gasteiger partial charge in [-0.25, -0.2) is 0 Å². The number of aliphatic hydroxyl groups is 1. The van der Waals surface area contributed by atoms with E-state index in [4.69, 9.17) is 0 Å². The Morgan fingerprint density at radius 1 is 1.37 bits per heavy atom. The van der Waals surface area contributed by atoms with Gasteiger partial charge in [0, 0.05) is 32.5 Å². The van der Waals surface area contributed by atoms with Crippen molar-refractivity contribution in [1.82, 2.24) is 10.2 Å². The Kier molecular flexibility index (Phi) is 6.28. The number of nitrogens with one attached hydrogen (secondary N) is 1. The number of carbonyl (C=O) groups is 2. The van der Waals surface area contributed by atoms with Crippen molar-refractivity contribution in [2.75, 3.05) is 13.1 Å². The molecule has 1 aliphatic rings. The molecule has 1 heterocycles. The van der Waals surface area contributed by atoms with Gasteiger partial charge in [0.15, 0.2) is 0 Å². The largest absolute Gasteiger partial charge is 0.393 e. The van der Waals surface area contributed by atoms with Crippen LogP contribution in [0.25, 0.3) is 0 Å². The summed E-state index contributed by atoms with van der Waals surface area (Å²) in [6.45, 7) is 6.58. The minimum Gasteiger partial charge on any atom is -0.393 e. The van der Waals surface area contributed by atoms with Crippen LogP contribution in [-0.2, 0) is 9.59 Å². The van der Waals surface area contributed by atoms with Crippen LogP contribution >= 0.6 is 0 Å². The summed E-state index contributed by atoms with van der Waals surface area (Å²) in [7, 11) is 0. The van der Waals surface area contributed by atoms with E-state index in [0.717, 1.165) is 12.8 Å². The summed E-state index contributed by atoms with van der Waals surface area (Å²) in [5, 5.41) is 12.7. The standard InChI is InChI=1S/C14H26N2O3/c1-4-13(18)7-11-6-12(15-10(3)17)9-16(8-11)14(19)5-2/h11-13,18H,4-9H2,1-3H3,(H,15,17). The SMILES string of the molecule is CCC(=O)N1CC(CC(O)CC)CC(NC(C)=O)C1. The lowest BCUT2D eigenvalue weighted by Gasteiger charge is -2.38. The second-order valence-electron chi connectivity index (χ2n) is 5.45. The van der Waals surface area contributed by atoms with Crippen LogP contribution < -0.4 is 5.32 Å². The van der Waals surface area contributed by atoms with Gasteiger partial charge in [0.2, 0.25) is 11.8 Å². The van der Waals surface area contributed by atoms with Crippen molar-refractivity contribution in [2.45, 2.75) is 58.6 Å². The van der Waals surface area contributed by atoms with Gasteiger partial charge >= 0.3 is 0 Å². The van der Waals surface area contributed by atoms with Gasteiger partial charge < -0.3 is 15.3 Å². The van der Waals surface area contributed by atoms with E-state index in [1.165, 1.54) is 6.92 Å². The maximum atomic E-state index is 11.8. The number of rotatable bonds is 5. The molecule has 0 aliphatic carbocycles. The minimum absolute atomic E-state index is 0.0100. The fourth-order valence-electron chi connectivity index (χ4n) is 2.75. The van der Waals surface area contributed by atoms with Crippen molar-refractivity contribution in [3.63, 3.8) is 0 Å². The van der Waals surface area contributed by atoms with Gasteiger partial charge in [0.25, 0.3) is 0 Å². The topological polar surface area (TPSA) is 69.6 Å². The molecule has 5 nitrogen and oxygen atoms in total. The van der Waals surface area contributed by atoms with Crippen LogP contribution in [0.1, 0.15) is 46.5 Å². The highest BCUT2D eigenvalue weighted by Crippen LogP contribution is 2.23. The number of hydrogen-bond acceptors (Lipinski definition) is 3. The van der Waals surface area contributed by atoms with Crippen molar-refractivity contribution in [3.8, 4) is 0 Å². The maximum Gasteiger partial charge on any atom is 0.222 e. The van der Waals surface area contributed by atoms with Gasteiger partial charge in [-0.05, 0) is 25.2 Å². The molecule has 0 aromatic rings. The second-order valence-corrected chi connectivity index (χ2v) is 5.45. The lowest BCUT2D eigenvalue weighted by Crippen LogP contribution is -2.52. The summed E-state index contributed by atoms with van der Waals surface area (Å²) in [6.07, 6.45) is 2.42. The summed E-state index contributed by atoms with van der Waals surface area (Å²) in [6, 6.07) is 0.0100. The smallest absolute Gasteiger partial charge is 0.222 e. The second kappa shape index (κ2) is 7.48. The molecule has 0 bridgehead atoms. The summed E-state index contributed by atoms with van der Waals surface area (Å²) in [5.74, 6) is 0.313. The first-order valence-electron chi connectivity index (χ1n) is 7.19. The molecule has 0 aromatic heterocycles. The Morgan fingerprint density at radius 2 is 2.05 bits per heavy atom. The predicted octanol–water partition coefficient (Wildman–Crippen LogP) is 0.911. The van der Waals surface area contributed by atoms with Crippen molar-refractivity contribution in [3.05, 3.63) is 0 Å². The van der Waals surface area contributed by atoms with E-state index in [9.17, 15) is 14.7 Å². The first kappa shape index (κ1) is 16.0. The average molecular weight is 270 g/mol. The quantitative estimate of drug-likeness (QED) is 0.780. The zero-order valence-corrected chi connectivity index (χ0v) is 12.2. The van der Waals surface area contributed by atoms with Gasteiger partial charge in [0.05, 0.1) is 6.10 Å². The molecule has 3 atom stereocenters. The zero-order valence-electron chi connectivity index (χ0n) is 12.2. The van der Waals surface area contributed by atoms with Crippen LogP contribution in [0.5, 0.6) is 0 Å². The van der Waals surface area contributed by atoms with Crippen LogP contribution in [0.3, 0.4) is 0 Å². The molecule has 0 radical (unpaired) electrons. The van der Waals surface area contributed by atoms with Crippen molar-refractivity contribution in [2.24, 2.45) is 5.92 Å². The number of piperidine rings is 1. The lowest BCUT2D eigenvalue weighted by molar-refractivity contribution is -0.134. The molecule has 110 valence electrons. The van der Waals surface area contributed by atoms with E-state index in [1.807, 2.05) is 18.7 Å². The third kappa shape index (κ3) is 5.19. The van der Waals surface area contributed by atoms with E-state index in [2.05, 4.69) is 5.32 Å². The van der Waals surface area contributed by atoms with E-state index in [1.54, 1.807) is 0 Å². The average Bonchev–Trinajstić information content (AvgIpc) is 2.36. The minimum atomic E-state index is -0.320. The molecule has 2 N–H and O–H groups in total. The van der Waals surface area contributed by atoms with Gasteiger partial charge in [-0.2, -0.15) is 0 Å². The first-order valence-corrected chi connectivity index (χ1v) is 7.19. The molecule has 19 heavy (non-hydrogen) atoms. The lowest BCUT2D eigenvalue weighted by atomic mass is 9.88. The number of hydrogen-bond donors (Lipinski definition) is 2. The van der Waals surface area contributed by atoms with Crippen LogP contribution in [0, 0.1) is 5.92 Å². The molecule has 0 spiro atoms. The molecule has 1 aliphatic heterocycles. The van der Waals surface area contributed by atoms with Gasteiger partial charge in [-0.15, -0.1) is 0 Å². The molecule has 3 unspecified atom stereocenters. The summed E-state index contributed by atoms with van der Waals surface area (Å²) < 4.78 is 0. The molecule has 2 amide bonds. The summed E-state index contributed by atoms with van der Waals surface area (Å²) >= 11 is 0. The number of nitrogens with zero attached hydrogens (tertiary/aromatic N) is 1. The van der Waals surface area contributed by atoms with E-state index in [0.29, 0.717) is 25.9 Å². The van der Waals surface area contributed by atoms with Gasteiger partial charge in [0.1, 0.15) is 0 Å². The Labute approximate surface area is 115 Å². The molecule has 0 saturated carbocycles. The fraction of sp³-hybridized carbons (Fsp3) is 0.857. The Balaban J connectivity index is 2.65. The monoisotopic (exact) mass is 270 g/mol. The first-order chi connectivity index (χ1) is 8.96. The molecular weight excluding hydrogens is 244 g/mol. The van der Waals surface area contributed by atoms with Gasteiger partial charge in [-0.3, -0.25) is 9.59 Å². The van der Waals surface area contributed by atoms with Crippen molar-refractivity contribution in [1.29, 1.82) is 0 Å². The molecule has 0 aromatic carbocycles. The van der Waals surface area contributed by atoms with Crippen molar-refractivity contribution < 1.29 is 14.7 Å². The van der Waals surface area contributed by atoms with E-state index < -0.39 is 0 Å². The van der Waals surface area contributed by atoms with E-state index >= 15 is 0 Å². The Bertz CT molecular complexity index is 320. The Morgan fingerprint density at radius 3 is 2.58 bits per heavy atom. The molecule has 1 saturated heterocycles. The Hall–Kier alpha value is -1.10. The van der Waals surface area contributed by atoms with Crippen LogP contribution in [0.4, 0.5) is 0 Å². The third-order valence-electron chi connectivity index (χ3n) is 3.68. The number of likely N-dealkylation sites (tertiary alicyclic amines) is 1. The molecule has 5 heteroatoms.